The van der Waals surface area contributed by atoms with Crippen LogP contribution < -0.4 is 5.32 Å². The molecule has 1 aliphatic heterocycles. The number of nitrogens with one attached hydrogen (secondary N) is 1. The number of para-hydroxylation sites is 1. The van der Waals surface area contributed by atoms with E-state index in [0.29, 0.717) is 18.4 Å². The fourth-order valence-electron chi connectivity index (χ4n) is 3.30. The van der Waals surface area contributed by atoms with E-state index in [2.05, 4.69) is 5.32 Å². The molecule has 0 bridgehead atoms. The Balaban J connectivity index is 1.53. The van der Waals surface area contributed by atoms with E-state index in [1.165, 1.54) is 17.0 Å². The molecule has 2 amide bonds. The fraction of sp³-hybridized carbons (Fsp3) is 0.333. The smallest absolute Gasteiger partial charge is 0.341 e. The van der Waals surface area contributed by atoms with Crippen molar-refractivity contribution in [2.45, 2.75) is 32.0 Å². The Labute approximate surface area is 161 Å². The quantitative estimate of drug-likeness (QED) is 0.830. The lowest BCUT2D eigenvalue weighted by Gasteiger charge is -2.25. The maximum atomic E-state index is 12.6. The Hall–Kier alpha value is -2.83. The van der Waals surface area contributed by atoms with Crippen LogP contribution in [0.2, 0.25) is 0 Å². The van der Waals surface area contributed by atoms with E-state index < -0.39 is 11.7 Å². The maximum absolute atomic E-state index is 12.6. The van der Waals surface area contributed by atoms with Crippen LogP contribution in [-0.4, -0.2) is 23.8 Å². The zero-order valence-corrected chi connectivity index (χ0v) is 15.4. The predicted octanol–water partition coefficient (Wildman–Crippen LogP) is 4.26. The highest BCUT2D eigenvalue weighted by Gasteiger charge is 2.30. The van der Waals surface area contributed by atoms with Crippen molar-refractivity contribution in [1.29, 1.82) is 0 Å². The van der Waals surface area contributed by atoms with Gasteiger partial charge >= 0.3 is 6.18 Å². The summed E-state index contributed by atoms with van der Waals surface area (Å²) in [6.07, 6.45) is -3.15. The number of halogens is 3. The highest BCUT2D eigenvalue weighted by molar-refractivity contribution is 5.96. The lowest BCUT2D eigenvalue weighted by molar-refractivity contribution is -0.137. The van der Waals surface area contributed by atoms with Crippen molar-refractivity contribution in [2.75, 3.05) is 12.4 Å². The number of hydrogen-bond acceptors (Lipinski definition) is 2. The molecule has 7 heteroatoms. The Morgan fingerprint density at radius 3 is 2.50 bits per heavy atom. The van der Waals surface area contributed by atoms with Gasteiger partial charge in [0.25, 0.3) is 0 Å². The van der Waals surface area contributed by atoms with E-state index >= 15 is 0 Å². The summed E-state index contributed by atoms with van der Waals surface area (Å²) in [5.74, 6) is -0.498. The molecule has 2 aromatic carbocycles. The molecule has 3 rings (SSSR count). The van der Waals surface area contributed by atoms with Gasteiger partial charge in [-0.1, -0.05) is 30.3 Å². The molecule has 0 saturated carbocycles. The van der Waals surface area contributed by atoms with Gasteiger partial charge in [0.1, 0.15) is 0 Å². The van der Waals surface area contributed by atoms with Gasteiger partial charge in [0.05, 0.1) is 5.56 Å². The summed E-state index contributed by atoms with van der Waals surface area (Å²) in [7, 11) is 1.61. The normalized spacial score (nSPS) is 16.3. The number of fused-ring (bicyclic) bond motifs is 1. The number of rotatable bonds is 5. The van der Waals surface area contributed by atoms with Crippen molar-refractivity contribution >= 4 is 17.5 Å². The van der Waals surface area contributed by atoms with Crippen LogP contribution in [-0.2, 0) is 28.7 Å². The van der Waals surface area contributed by atoms with Crippen LogP contribution in [0, 0.1) is 5.92 Å². The second kappa shape index (κ2) is 8.04. The van der Waals surface area contributed by atoms with Gasteiger partial charge in [0.2, 0.25) is 11.8 Å². The second-order valence-corrected chi connectivity index (χ2v) is 7.03. The summed E-state index contributed by atoms with van der Waals surface area (Å²) in [5, 5.41) is 2.86. The lowest BCUT2D eigenvalue weighted by Crippen LogP contribution is -2.32. The molecular formula is C21H21F3N2O2. The molecule has 0 aromatic heterocycles. The van der Waals surface area contributed by atoms with Crippen molar-refractivity contribution in [1.82, 2.24) is 4.90 Å². The first-order chi connectivity index (χ1) is 13.2. The van der Waals surface area contributed by atoms with Crippen molar-refractivity contribution in [3.63, 3.8) is 0 Å². The minimum atomic E-state index is -4.38. The van der Waals surface area contributed by atoms with Crippen LogP contribution >= 0.6 is 0 Å². The molecule has 28 heavy (non-hydrogen) atoms. The standard InChI is InChI=1S/C21H21F3N2O2/c1-26(13-14-6-9-17(10-7-14)21(22,23)24)19(27)11-8-16-12-15-4-2-3-5-18(15)25-20(16)28/h2-7,9-10,16H,8,11-13H2,1H3,(H,25,28). The number of nitrogens with zero attached hydrogens (tertiary/aromatic N) is 1. The molecule has 1 unspecified atom stereocenters. The zero-order valence-electron chi connectivity index (χ0n) is 15.4. The topological polar surface area (TPSA) is 49.4 Å². The number of hydrogen-bond donors (Lipinski definition) is 1. The number of carbonyl (C=O) groups is 2. The van der Waals surface area contributed by atoms with E-state index in [0.717, 1.165) is 23.4 Å². The van der Waals surface area contributed by atoms with Gasteiger partial charge in [-0.05, 0) is 42.2 Å². The Kier molecular flexibility index (Phi) is 5.72. The summed E-state index contributed by atoms with van der Waals surface area (Å²) < 4.78 is 37.8. The van der Waals surface area contributed by atoms with Gasteiger partial charge in [-0.2, -0.15) is 13.2 Å². The molecule has 1 heterocycles. The first kappa shape index (κ1) is 19.9. The molecule has 0 spiro atoms. The fourth-order valence-corrected chi connectivity index (χ4v) is 3.30. The number of alkyl halides is 3. The summed E-state index contributed by atoms with van der Waals surface area (Å²) in [6.45, 7) is 0.219. The Bertz CT molecular complexity index is 863. The van der Waals surface area contributed by atoms with Gasteiger partial charge in [-0.3, -0.25) is 9.59 Å². The number of carbonyl (C=O) groups excluding carboxylic acids is 2. The zero-order chi connectivity index (χ0) is 20.3. The third-order valence-electron chi connectivity index (χ3n) is 4.95. The van der Waals surface area contributed by atoms with E-state index in [1.54, 1.807) is 7.05 Å². The molecule has 1 N–H and O–H groups in total. The third kappa shape index (κ3) is 4.71. The molecular weight excluding hydrogens is 369 g/mol. The van der Waals surface area contributed by atoms with Crippen LogP contribution in [0.4, 0.5) is 18.9 Å². The first-order valence-corrected chi connectivity index (χ1v) is 9.03. The molecule has 0 saturated heterocycles. The SMILES string of the molecule is CN(Cc1ccc(C(F)(F)F)cc1)C(=O)CCC1Cc2ccccc2NC1=O. The van der Waals surface area contributed by atoms with Crippen LogP contribution in [0.1, 0.15) is 29.5 Å². The molecule has 148 valence electrons. The van der Waals surface area contributed by atoms with Crippen molar-refractivity contribution in [3.8, 4) is 0 Å². The minimum Gasteiger partial charge on any atom is -0.341 e. The molecule has 0 aliphatic carbocycles. The molecule has 1 aliphatic rings. The summed E-state index contributed by atoms with van der Waals surface area (Å²) >= 11 is 0. The highest BCUT2D eigenvalue weighted by Crippen LogP contribution is 2.30. The lowest BCUT2D eigenvalue weighted by atomic mass is 9.89. The van der Waals surface area contributed by atoms with E-state index in [1.807, 2.05) is 24.3 Å². The average molecular weight is 390 g/mol. The summed E-state index contributed by atoms with van der Waals surface area (Å²) in [4.78, 5) is 26.1. The van der Waals surface area contributed by atoms with Gasteiger partial charge in [0, 0.05) is 31.6 Å². The molecule has 0 fully saturated rings. The van der Waals surface area contributed by atoms with Gasteiger partial charge in [0.15, 0.2) is 0 Å². The maximum Gasteiger partial charge on any atom is 0.416 e. The number of amides is 2. The van der Waals surface area contributed by atoms with Gasteiger partial charge < -0.3 is 10.2 Å². The van der Waals surface area contributed by atoms with Crippen LogP contribution in [0.25, 0.3) is 0 Å². The van der Waals surface area contributed by atoms with E-state index in [-0.39, 0.29) is 30.7 Å². The molecule has 2 aromatic rings. The minimum absolute atomic E-state index is 0.0862. The molecule has 0 radical (unpaired) electrons. The summed E-state index contributed by atoms with van der Waals surface area (Å²) in [5.41, 5.74) is 1.77. The monoisotopic (exact) mass is 390 g/mol. The van der Waals surface area contributed by atoms with Crippen LogP contribution in [0.5, 0.6) is 0 Å². The molecule has 4 nitrogen and oxygen atoms in total. The number of benzene rings is 2. The van der Waals surface area contributed by atoms with Crippen molar-refractivity contribution < 1.29 is 22.8 Å². The summed E-state index contributed by atoms with van der Waals surface area (Å²) in [6, 6.07) is 12.4. The largest absolute Gasteiger partial charge is 0.416 e. The van der Waals surface area contributed by atoms with Gasteiger partial charge in [-0.25, -0.2) is 0 Å². The van der Waals surface area contributed by atoms with E-state index in [9.17, 15) is 22.8 Å². The second-order valence-electron chi connectivity index (χ2n) is 7.03. The van der Waals surface area contributed by atoms with Gasteiger partial charge in [-0.15, -0.1) is 0 Å². The third-order valence-corrected chi connectivity index (χ3v) is 4.95. The molecule has 1 atom stereocenters. The number of anilines is 1. The Morgan fingerprint density at radius 2 is 1.82 bits per heavy atom. The van der Waals surface area contributed by atoms with E-state index in [4.69, 9.17) is 0 Å². The highest BCUT2D eigenvalue weighted by atomic mass is 19.4. The van der Waals surface area contributed by atoms with Crippen LogP contribution in [0.3, 0.4) is 0 Å². The first-order valence-electron chi connectivity index (χ1n) is 9.03. The Morgan fingerprint density at radius 1 is 1.14 bits per heavy atom. The van der Waals surface area contributed by atoms with Crippen LogP contribution in [0.15, 0.2) is 48.5 Å². The van der Waals surface area contributed by atoms with Crippen molar-refractivity contribution in [2.24, 2.45) is 5.92 Å². The van der Waals surface area contributed by atoms with Crippen molar-refractivity contribution in [3.05, 3.63) is 65.2 Å². The average Bonchev–Trinajstić information content (AvgIpc) is 2.65. The predicted molar refractivity (Wildman–Crippen MR) is 99.4 cm³/mol.